The lowest BCUT2D eigenvalue weighted by atomic mass is 10.1. The van der Waals surface area contributed by atoms with E-state index in [1.807, 2.05) is 19.1 Å². The van der Waals surface area contributed by atoms with Crippen LogP contribution in [0.15, 0.2) is 24.3 Å². The fourth-order valence-corrected chi connectivity index (χ4v) is 2.80. The molecular weight excluding hydrogens is 255 g/mol. The largest absolute Gasteiger partial charge is 0.377 e. The van der Waals surface area contributed by atoms with Crippen molar-refractivity contribution in [2.45, 2.75) is 31.9 Å². The van der Waals surface area contributed by atoms with E-state index in [-0.39, 0.29) is 11.9 Å². The quantitative estimate of drug-likeness (QED) is 0.831. The number of hydrogen-bond donors (Lipinski definition) is 1. The summed E-state index contributed by atoms with van der Waals surface area (Å²) < 4.78 is 19.6. The number of nitrogens with one attached hydrogen (secondary N) is 1. The number of likely N-dealkylation sites (N-methyl/N-ethyl adjacent to an activating group) is 2. The van der Waals surface area contributed by atoms with Crippen LogP contribution >= 0.6 is 0 Å². The molecule has 0 amide bonds. The fourth-order valence-electron chi connectivity index (χ4n) is 2.80. The summed E-state index contributed by atoms with van der Waals surface area (Å²) in [4.78, 5) is 2.23. The molecule has 1 aliphatic heterocycles. The highest BCUT2D eigenvalue weighted by molar-refractivity contribution is 5.21. The minimum atomic E-state index is -0.135. The molecule has 0 aliphatic carbocycles. The average Bonchev–Trinajstić information content (AvgIpc) is 2.91. The summed E-state index contributed by atoms with van der Waals surface area (Å²) in [5, 5.41) is 3.37. The van der Waals surface area contributed by atoms with Gasteiger partial charge in [-0.2, -0.15) is 0 Å². The minimum Gasteiger partial charge on any atom is -0.377 e. The molecule has 0 spiro atoms. The van der Waals surface area contributed by atoms with Gasteiger partial charge in [0.2, 0.25) is 0 Å². The molecule has 1 aliphatic rings. The van der Waals surface area contributed by atoms with Gasteiger partial charge in [0.25, 0.3) is 0 Å². The van der Waals surface area contributed by atoms with Crippen molar-refractivity contribution < 1.29 is 9.13 Å². The lowest BCUT2D eigenvalue weighted by molar-refractivity contribution is 0.0783. The molecule has 1 heterocycles. The zero-order chi connectivity index (χ0) is 14.4. The topological polar surface area (TPSA) is 24.5 Å². The van der Waals surface area contributed by atoms with Gasteiger partial charge in [0.05, 0.1) is 6.10 Å². The molecule has 0 bridgehead atoms. The molecule has 3 nitrogen and oxygen atoms in total. The van der Waals surface area contributed by atoms with E-state index in [4.69, 9.17) is 4.74 Å². The average molecular weight is 280 g/mol. The van der Waals surface area contributed by atoms with Crippen LogP contribution in [0.1, 0.15) is 31.4 Å². The highest BCUT2D eigenvalue weighted by Gasteiger charge is 2.21. The smallest absolute Gasteiger partial charge is 0.128 e. The lowest BCUT2D eigenvalue weighted by Gasteiger charge is -2.27. The maximum Gasteiger partial charge on any atom is 0.128 e. The van der Waals surface area contributed by atoms with Crippen LogP contribution in [0.5, 0.6) is 0 Å². The molecule has 2 rings (SSSR count). The maximum atomic E-state index is 13.9. The van der Waals surface area contributed by atoms with Crippen molar-refractivity contribution in [2.75, 3.05) is 33.3 Å². The molecular formula is C16H25FN2O. The second kappa shape index (κ2) is 7.72. The second-order valence-electron chi connectivity index (χ2n) is 5.49. The monoisotopic (exact) mass is 280 g/mol. The third-order valence-corrected chi connectivity index (χ3v) is 3.76. The van der Waals surface area contributed by atoms with E-state index in [2.05, 4.69) is 17.3 Å². The molecule has 1 fully saturated rings. The Hall–Kier alpha value is -0.970. The Bertz CT molecular complexity index is 407. The summed E-state index contributed by atoms with van der Waals surface area (Å²) >= 11 is 0. The van der Waals surface area contributed by atoms with Gasteiger partial charge in [-0.15, -0.1) is 0 Å². The lowest BCUT2D eigenvalue weighted by Crippen LogP contribution is -2.37. The van der Waals surface area contributed by atoms with Gasteiger partial charge in [0, 0.05) is 31.3 Å². The first-order valence-corrected chi connectivity index (χ1v) is 7.48. The number of ether oxygens (including phenoxy) is 1. The van der Waals surface area contributed by atoms with Crippen LogP contribution in [0, 0.1) is 5.82 Å². The predicted octanol–water partition coefficient (Wildman–Crippen LogP) is 2.59. The molecule has 1 N–H and O–H groups in total. The Balaban J connectivity index is 1.96. The van der Waals surface area contributed by atoms with Crippen LogP contribution < -0.4 is 5.32 Å². The molecule has 2 unspecified atom stereocenters. The van der Waals surface area contributed by atoms with E-state index in [1.54, 1.807) is 6.07 Å². The van der Waals surface area contributed by atoms with Gasteiger partial charge < -0.3 is 15.0 Å². The molecule has 0 aromatic heterocycles. The first-order valence-electron chi connectivity index (χ1n) is 7.48. The molecule has 2 atom stereocenters. The summed E-state index contributed by atoms with van der Waals surface area (Å²) in [5.41, 5.74) is 0.744. The molecule has 1 saturated heterocycles. The fraction of sp³-hybridized carbons (Fsp3) is 0.625. The standard InChI is InChI=1S/C16H25FN2O/c1-3-18-16(14-8-4-5-9-15(14)17)12-19(2)11-13-7-6-10-20-13/h4-5,8-9,13,16,18H,3,6-7,10-12H2,1-2H3. The zero-order valence-corrected chi connectivity index (χ0v) is 12.4. The Morgan fingerprint density at radius 3 is 2.90 bits per heavy atom. The summed E-state index contributed by atoms with van der Waals surface area (Å²) in [6.45, 7) is 5.45. The van der Waals surface area contributed by atoms with Crippen molar-refractivity contribution in [3.05, 3.63) is 35.6 Å². The van der Waals surface area contributed by atoms with Gasteiger partial charge in [-0.3, -0.25) is 0 Å². The van der Waals surface area contributed by atoms with Crippen LogP contribution in [-0.4, -0.2) is 44.3 Å². The first-order chi connectivity index (χ1) is 9.70. The Morgan fingerprint density at radius 2 is 2.25 bits per heavy atom. The van der Waals surface area contributed by atoms with Crippen LogP contribution in [0.2, 0.25) is 0 Å². The van der Waals surface area contributed by atoms with Crippen molar-refractivity contribution in [1.29, 1.82) is 0 Å². The third kappa shape index (κ3) is 4.27. The Kier molecular flexibility index (Phi) is 5.95. The molecule has 0 saturated carbocycles. The molecule has 4 heteroatoms. The highest BCUT2D eigenvalue weighted by atomic mass is 19.1. The van der Waals surface area contributed by atoms with Crippen molar-refractivity contribution in [3.8, 4) is 0 Å². The zero-order valence-electron chi connectivity index (χ0n) is 12.4. The predicted molar refractivity (Wildman–Crippen MR) is 79.3 cm³/mol. The molecule has 20 heavy (non-hydrogen) atoms. The highest BCUT2D eigenvalue weighted by Crippen LogP contribution is 2.19. The summed E-state index contributed by atoms with van der Waals surface area (Å²) in [5.74, 6) is -0.135. The van der Waals surface area contributed by atoms with E-state index in [0.29, 0.717) is 6.10 Å². The molecule has 1 aromatic carbocycles. The number of hydrogen-bond acceptors (Lipinski definition) is 3. The van der Waals surface area contributed by atoms with Crippen molar-refractivity contribution in [1.82, 2.24) is 10.2 Å². The summed E-state index contributed by atoms with van der Waals surface area (Å²) in [7, 11) is 2.08. The van der Waals surface area contributed by atoms with E-state index in [1.165, 1.54) is 6.07 Å². The Morgan fingerprint density at radius 1 is 1.45 bits per heavy atom. The van der Waals surface area contributed by atoms with Crippen LogP contribution in [0.25, 0.3) is 0 Å². The van der Waals surface area contributed by atoms with E-state index in [0.717, 1.165) is 44.6 Å². The van der Waals surface area contributed by atoms with Gasteiger partial charge in [-0.1, -0.05) is 25.1 Å². The summed E-state index contributed by atoms with van der Waals surface area (Å²) in [6, 6.07) is 7.04. The van der Waals surface area contributed by atoms with Crippen molar-refractivity contribution in [2.24, 2.45) is 0 Å². The van der Waals surface area contributed by atoms with Crippen molar-refractivity contribution in [3.63, 3.8) is 0 Å². The number of benzene rings is 1. The maximum absolute atomic E-state index is 13.9. The molecule has 112 valence electrons. The normalized spacial score (nSPS) is 20.5. The van der Waals surface area contributed by atoms with E-state index >= 15 is 0 Å². The van der Waals surface area contributed by atoms with Gasteiger partial charge in [-0.25, -0.2) is 4.39 Å². The molecule has 1 aromatic rings. The van der Waals surface area contributed by atoms with Crippen LogP contribution in [0.4, 0.5) is 4.39 Å². The number of halogens is 1. The number of nitrogens with zero attached hydrogens (tertiary/aromatic N) is 1. The molecule has 0 radical (unpaired) electrons. The first kappa shape index (κ1) is 15.4. The van der Waals surface area contributed by atoms with Gasteiger partial charge in [-0.05, 0) is 32.5 Å². The second-order valence-corrected chi connectivity index (χ2v) is 5.49. The van der Waals surface area contributed by atoms with E-state index < -0.39 is 0 Å². The Labute approximate surface area is 121 Å². The SMILES string of the molecule is CCNC(CN(C)CC1CCCO1)c1ccccc1F. The number of rotatable bonds is 7. The van der Waals surface area contributed by atoms with Crippen molar-refractivity contribution >= 4 is 0 Å². The van der Waals surface area contributed by atoms with Gasteiger partial charge in [0.15, 0.2) is 0 Å². The van der Waals surface area contributed by atoms with Crippen LogP contribution in [0.3, 0.4) is 0 Å². The summed E-state index contributed by atoms with van der Waals surface area (Å²) in [6.07, 6.45) is 2.63. The third-order valence-electron chi connectivity index (χ3n) is 3.76. The van der Waals surface area contributed by atoms with Gasteiger partial charge in [0.1, 0.15) is 5.82 Å². The van der Waals surface area contributed by atoms with E-state index in [9.17, 15) is 4.39 Å². The minimum absolute atomic E-state index is 0.0209. The van der Waals surface area contributed by atoms with Crippen LogP contribution in [-0.2, 0) is 4.74 Å². The van der Waals surface area contributed by atoms with Gasteiger partial charge >= 0.3 is 0 Å².